The Kier molecular flexibility index (Phi) is 6.88. The number of ether oxygens (including phenoxy) is 2. The molecule has 0 saturated heterocycles. The molecule has 0 aliphatic heterocycles. The first-order chi connectivity index (χ1) is 10.8. The molecular formula is C17H25NO5. The van der Waals surface area contributed by atoms with Crippen molar-refractivity contribution in [3.63, 3.8) is 0 Å². The maximum atomic E-state index is 12.0. The average Bonchev–Trinajstić information content (AvgIpc) is 2.50. The van der Waals surface area contributed by atoms with Crippen LogP contribution in [0.1, 0.15) is 38.7 Å². The molecule has 1 rings (SSSR count). The first-order valence-corrected chi connectivity index (χ1v) is 7.51. The molecule has 0 aromatic heterocycles. The lowest BCUT2D eigenvalue weighted by Crippen LogP contribution is -2.43. The number of carbonyl (C=O) groups excluding carboxylic acids is 1. The van der Waals surface area contributed by atoms with Crippen molar-refractivity contribution in [2.45, 2.75) is 45.1 Å². The van der Waals surface area contributed by atoms with Gasteiger partial charge < -0.3 is 19.9 Å². The Morgan fingerprint density at radius 3 is 2.35 bits per heavy atom. The number of hydrogen-bond donors (Lipinski definition) is 2. The first kappa shape index (κ1) is 18.8. The SMILES string of the molecule is COc1ccc(CCC(=O)NC(C)(C)CCC(=O)O)cc1OC. The minimum atomic E-state index is -0.863. The van der Waals surface area contributed by atoms with Crippen molar-refractivity contribution < 1.29 is 24.2 Å². The van der Waals surface area contributed by atoms with Crippen molar-refractivity contribution in [1.82, 2.24) is 5.32 Å². The highest BCUT2D eigenvalue weighted by atomic mass is 16.5. The number of benzene rings is 1. The van der Waals surface area contributed by atoms with Crippen LogP contribution >= 0.6 is 0 Å². The summed E-state index contributed by atoms with van der Waals surface area (Å²) in [4.78, 5) is 22.7. The standard InChI is InChI=1S/C17H25NO5/c1-17(2,10-9-16(20)21)18-15(19)8-6-12-5-7-13(22-3)14(11-12)23-4/h5,7,11H,6,8-10H2,1-4H3,(H,18,19)(H,20,21). The van der Waals surface area contributed by atoms with E-state index in [0.717, 1.165) is 5.56 Å². The molecule has 1 aromatic carbocycles. The Bertz CT molecular complexity index is 554. The van der Waals surface area contributed by atoms with E-state index in [2.05, 4.69) is 5.32 Å². The number of aryl methyl sites for hydroxylation is 1. The Morgan fingerprint density at radius 1 is 1.13 bits per heavy atom. The summed E-state index contributed by atoms with van der Waals surface area (Å²) in [6.45, 7) is 3.65. The second kappa shape index (κ2) is 8.41. The van der Waals surface area contributed by atoms with Crippen molar-refractivity contribution in [3.05, 3.63) is 23.8 Å². The second-order valence-electron chi connectivity index (χ2n) is 6.02. The summed E-state index contributed by atoms with van der Waals surface area (Å²) in [5.41, 5.74) is 0.439. The predicted octanol–water partition coefficient (Wildman–Crippen LogP) is 2.40. The Hall–Kier alpha value is -2.24. The van der Waals surface area contributed by atoms with E-state index in [1.54, 1.807) is 14.2 Å². The van der Waals surface area contributed by atoms with Crippen LogP contribution in [-0.4, -0.2) is 36.7 Å². The quantitative estimate of drug-likeness (QED) is 0.729. The lowest BCUT2D eigenvalue weighted by atomic mass is 9.98. The van der Waals surface area contributed by atoms with Gasteiger partial charge >= 0.3 is 5.97 Å². The van der Waals surface area contributed by atoms with Gasteiger partial charge in [-0.1, -0.05) is 6.07 Å². The van der Waals surface area contributed by atoms with Crippen LogP contribution in [0.5, 0.6) is 11.5 Å². The highest BCUT2D eigenvalue weighted by Gasteiger charge is 2.21. The van der Waals surface area contributed by atoms with E-state index < -0.39 is 11.5 Å². The first-order valence-electron chi connectivity index (χ1n) is 7.51. The molecule has 1 amide bonds. The number of carboxylic acids is 1. The normalized spacial score (nSPS) is 11.0. The number of nitrogens with one attached hydrogen (secondary N) is 1. The van der Waals surface area contributed by atoms with Crippen molar-refractivity contribution in [2.24, 2.45) is 0 Å². The Labute approximate surface area is 136 Å². The predicted molar refractivity (Wildman–Crippen MR) is 87.0 cm³/mol. The van der Waals surface area contributed by atoms with Crippen molar-refractivity contribution in [3.8, 4) is 11.5 Å². The number of aliphatic carboxylic acids is 1. The van der Waals surface area contributed by atoms with Gasteiger partial charge in [-0.3, -0.25) is 9.59 Å². The van der Waals surface area contributed by atoms with E-state index in [1.165, 1.54) is 0 Å². The van der Waals surface area contributed by atoms with Gasteiger partial charge in [0.1, 0.15) is 0 Å². The maximum absolute atomic E-state index is 12.0. The fourth-order valence-corrected chi connectivity index (χ4v) is 2.22. The molecule has 1 aromatic rings. The molecule has 6 nitrogen and oxygen atoms in total. The average molecular weight is 323 g/mol. The highest BCUT2D eigenvalue weighted by Crippen LogP contribution is 2.28. The number of hydrogen-bond acceptors (Lipinski definition) is 4. The van der Waals surface area contributed by atoms with Crippen LogP contribution in [0.4, 0.5) is 0 Å². The van der Waals surface area contributed by atoms with Gasteiger partial charge in [0.05, 0.1) is 14.2 Å². The third-order valence-electron chi connectivity index (χ3n) is 3.53. The largest absolute Gasteiger partial charge is 0.493 e. The van der Waals surface area contributed by atoms with Gasteiger partial charge in [-0.05, 0) is 44.4 Å². The molecule has 0 saturated carbocycles. The Balaban J connectivity index is 2.54. The number of rotatable bonds is 9. The van der Waals surface area contributed by atoms with Gasteiger partial charge in [0, 0.05) is 18.4 Å². The molecule has 0 aliphatic rings. The molecule has 0 heterocycles. The highest BCUT2D eigenvalue weighted by molar-refractivity contribution is 5.77. The van der Waals surface area contributed by atoms with Crippen LogP contribution in [0.3, 0.4) is 0 Å². The fourth-order valence-electron chi connectivity index (χ4n) is 2.22. The van der Waals surface area contributed by atoms with Crippen molar-refractivity contribution in [1.29, 1.82) is 0 Å². The summed E-state index contributed by atoms with van der Waals surface area (Å²) in [6.07, 6.45) is 1.32. The van der Waals surface area contributed by atoms with E-state index in [4.69, 9.17) is 14.6 Å². The number of methoxy groups -OCH3 is 2. The summed E-state index contributed by atoms with van der Waals surface area (Å²) in [5.74, 6) is 0.315. The molecule has 128 valence electrons. The van der Waals surface area contributed by atoms with E-state index >= 15 is 0 Å². The number of amides is 1. The molecule has 6 heteroatoms. The molecule has 0 spiro atoms. The van der Waals surface area contributed by atoms with Gasteiger partial charge in [-0.15, -0.1) is 0 Å². The summed E-state index contributed by atoms with van der Waals surface area (Å²) in [5, 5.41) is 11.6. The molecule has 0 bridgehead atoms. The molecule has 23 heavy (non-hydrogen) atoms. The van der Waals surface area contributed by atoms with Gasteiger partial charge in [-0.25, -0.2) is 0 Å². The zero-order valence-electron chi connectivity index (χ0n) is 14.1. The molecule has 2 N–H and O–H groups in total. The van der Waals surface area contributed by atoms with Crippen molar-refractivity contribution >= 4 is 11.9 Å². The zero-order valence-corrected chi connectivity index (χ0v) is 14.1. The minimum Gasteiger partial charge on any atom is -0.493 e. The second-order valence-corrected chi connectivity index (χ2v) is 6.02. The molecular weight excluding hydrogens is 298 g/mol. The topological polar surface area (TPSA) is 84.9 Å². The molecule has 0 aliphatic carbocycles. The van der Waals surface area contributed by atoms with Gasteiger partial charge in [0.15, 0.2) is 11.5 Å². The zero-order chi connectivity index (χ0) is 17.5. The lowest BCUT2D eigenvalue weighted by molar-refractivity contribution is -0.137. The van der Waals surface area contributed by atoms with Crippen LogP contribution in [0.15, 0.2) is 18.2 Å². The maximum Gasteiger partial charge on any atom is 0.303 e. The van der Waals surface area contributed by atoms with E-state index in [-0.39, 0.29) is 12.3 Å². The van der Waals surface area contributed by atoms with Crippen molar-refractivity contribution in [2.75, 3.05) is 14.2 Å². The van der Waals surface area contributed by atoms with Crippen LogP contribution in [-0.2, 0) is 16.0 Å². The summed E-state index contributed by atoms with van der Waals surface area (Å²) >= 11 is 0. The van der Waals surface area contributed by atoms with Crippen LogP contribution in [0.2, 0.25) is 0 Å². The molecule has 0 unspecified atom stereocenters. The fraction of sp³-hybridized carbons (Fsp3) is 0.529. The van der Waals surface area contributed by atoms with E-state index in [1.807, 2.05) is 32.0 Å². The van der Waals surface area contributed by atoms with E-state index in [0.29, 0.717) is 30.8 Å². The van der Waals surface area contributed by atoms with Gasteiger partial charge in [0.25, 0.3) is 0 Å². The minimum absolute atomic E-state index is 0.0307. The third-order valence-corrected chi connectivity index (χ3v) is 3.53. The molecule has 0 radical (unpaired) electrons. The summed E-state index contributed by atoms with van der Waals surface area (Å²) in [7, 11) is 3.14. The number of carboxylic acid groups (broad SMARTS) is 1. The van der Waals surface area contributed by atoms with Crippen LogP contribution < -0.4 is 14.8 Å². The van der Waals surface area contributed by atoms with Crippen LogP contribution in [0, 0.1) is 0 Å². The summed E-state index contributed by atoms with van der Waals surface area (Å²) in [6, 6.07) is 5.55. The monoisotopic (exact) mass is 323 g/mol. The summed E-state index contributed by atoms with van der Waals surface area (Å²) < 4.78 is 10.4. The smallest absolute Gasteiger partial charge is 0.303 e. The molecule has 0 atom stereocenters. The van der Waals surface area contributed by atoms with E-state index in [9.17, 15) is 9.59 Å². The van der Waals surface area contributed by atoms with Gasteiger partial charge in [0.2, 0.25) is 5.91 Å². The third kappa shape index (κ3) is 6.59. The van der Waals surface area contributed by atoms with Crippen LogP contribution in [0.25, 0.3) is 0 Å². The Morgan fingerprint density at radius 2 is 1.78 bits per heavy atom. The lowest BCUT2D eigenvalue weighted by Gasteiger charge is -2.25. The van der Waals surface area contributed by atoms with Gasteiger partial charge in [-0.2, -0.15) is 0 Å². The molecule has 0 fully saturated rings. The number of carbonyl (C=O) groups is 2.